The highest BCUT2D eigenvalue weighted by molar-refractivity contribution is 7.89. The van der Waals surface area contributed by atoms with Crippen LogP contribution in [-0.4, -0.2) is 28.1 Å². The molecule has 1 saturated heterocycles. The molecule has 0 bridgehead atoms. The number of hydrogen-bond donors (Lipinski definition) is 1. The van der Waals surface area contributed by atoms with Crippen molar-refractivity contribution in [2.75, 3.05) is 24.5 Å². The van der Waals surface area contributed by atoms with Crippen LogP contribution in [0.5, 0.6) is 0 Å². The van der Waals surface area contributed by atoms with Gasteiger partial charge in [-0.05, 0) is 72.7 Å². The number of aryl methyl sites for hydroxylation is 1. The van der Waals surface area contributed by atoms with Crippen LogP contribution in [0.1, 0.15) is 49.3 Å². The molecule has 0 aliphatic carbocycles. The number of nitrogens with zero attached hydrogens (tertiary/aromatic N) is 1. The van der Waals surface area contributed by atoms with E-state index in [2.05, 4.69) is 48.6 Å². The number of piperidine rings is 1. The molecule has 1 N–H and O–H groups in total. The number of sulfonamides is 1. The molecule has 1 aliphatic rings. The normalized spacial score (nSPS) is 16.1. The highest BCUT2D eigenvalue weighted by Crippen LogP contribution is 2.38. The van der Waals surface area contributed by atoms with E-state index in [-0.39, 0.29) is 5.41 Å². The van der Waals surface area contributed by atoms with Crippen LogP contribution in [0.4, 0.5) is 5.69 Å². The number of halogens is 1. The maximum Gasteiger partial charge on any atom is 0.240 e. The van der Waals surface area contributed by atoms with Crippen LogP contribution in [0.3, 0.4) is 0 Å². The van der Waals surface area contributed by atoms with E-state index in [0.29, 0.717) is 17.4 Å². The summed E-state index contributed by atoms with van der Waals surface area (Å²) in [5.41, 5.74) is 4.40. The Morgan fingerprint density at radius 3 is 2.21 bits per heavy atom. The second-order valence-electron chi connectivity index (χ2n) is 9.61. The molecule has 34 heavy (non-hydrogen) atoms. The van der Waals surface area contributed by atoms with E-state index in [1.807, 2.05) is 42.5 Å². The van der Waals surface area contributed by atoms with Crippen molar-refractivity contribution in [3.8, 4) is 0 Å². The summed E-state index contributed by atoms with van der Waals surface area (Å²) in [5, 5.41) is 0.743. The smallest absolute Gasteiger partial charge is 0.240 e. The lowest BCUT2D eigenvalue weighted by Gasteiger charge is -2.43. The molecule has 0 atom stereocenters. The summed E-state index contributed by atoms with van der Waals surface area (Å²) in [6, 6.07) is 23.5. The molecule has 1 fully saturated rings. The molecule has 3 aromatic carbocycles. The van der Waals surface area contributed by atoms with Crippen molar-refractivity contribution in [3.63, 3.8) is 0 Å². The van der Waals surface area contributed by atoms with Crippen LogP contribution in [-0.2, 0) is 15.4 Å². The van der Waals surface area contributed by atoms with E-state index < -0.39 is 10.0 Å². The van der Waals surface area contributed by atoms with Crippen molar-refractivity contribution in [2.24, 2.45) is 0 Å². The van der Waals surface area contributed by atoms with Gasteiger partial charge in [0.2, 0.25) is 10.0 Å². The third-order valence-corrected chi connectivity index (χ3v) is 8.72. The van der Waals surface area contributed by atoms with Gasteiger partial charge in [-0.15, -0.1) is 0 Å². The fraction of sp³-hybridized carbons (Fsp3) is 0.357. The van der Waals surface area contributed by atoms with E-state index in [4.69, 9.17) is 11.6 Å². The zero-order chi connectivity index (χ0) is 24.3. The Labute approximate surface area is 209 Å². The first-order valence-electron chi connectivity index (χ1n) is 11.9. The average Bonchev–Trinajstić information content (AvgIpc) is 2.84. The van der Waals surface area contributed by atoms with E-state index in [9.17, 15) is 8.42 Å². The van der Waals surface area contributed by atoms with Crippen LogP contribution in [0, 0.1) is 6.92 Å². The highest BCUT2D eigenvalue weighted by Gasteiger charge is 2.37. The van der Waals surface area contributed by atoms with Crippen molar-refractivity contribution >= 4 is 27.3 Å². The maximum atomic E-state index is 13.2. The van der Waals surface area contributed by atoms with Crippen LogP contribution in [0.15, 0.2) is 77.7 Å². The molecule has 0 spiro atoms. The van der Waals surface area contributed by atoms with Gasteiger partial charge in [-0.2, -0.15) is 0 Å². The minimum Gasteiger partial charge on any atom is -0.371 e. The second-order valence-corrected chi connectivity index (χ2v) is 11.8. The molecule has 0 amide bonds. The average molecular weight is 497 g/mol. The van der Waals surface area contributed by atoms with Gasteiger partial charge in [-0.3, -0.25) is 0 Å². The van der Waals surface area contributed by atoms with Crippen molar-refractivity contribution in [2.45, 2.75) is 49.8 Å². The Kier molecular flexibility index (Phi) is 7.36. The third kappa shape index (κ3) is 5.32. The van der Waals surface area contributed by atoms with Crippen molar-refractivity contribution < 1.29 is 8.42 Å². The summed E-state index contributed by atoms with van der Waals surface area (Å²) >= 11 is 6.16. The molecule has 0 radical (unpaired) electrons. The van der Waals surface area contributed by atoms with E-state index >= 15 is 0 Å². The Morgan fingerprint density at radius 1 is 0.971 bits per heavy atom. The molecule has 1 aliphatic heterocycles. The van der Waals surface area contributed by atoms with Crippen molar-refractivity contribution in [1.82, 2.24) is 4.72 Å². The molecule has 0 unspecified atom stereocenters. The number of rotatable bonds is 7. The predicted octanol–water partition coefficient (Wildman–Crippen LogP) is 6.29. The van der Waals surface area contributed by atoms with Gasteiger partial charge in [0.25, 0.3) is 0 Å². The predicted molar refractivity (Wildman–Crippen MR) is 141 cm³/mol. The second kappa shape index (κ2) is 10.1. The topological polar surface area (TPSA) is 49.4 Å². The number of benzene rings is 3. The summed E-state index contributed by atoms with van der Waals surface area (Å²) in [7, 11) is -3.60. The van der Waals surface area contributed by atoms with Gasteiger partial charge in [-0.1, -0.05) is 67.9 Å². The molecular weight excluding hydrogens is 464 g/mol. The van der Waals surface area contributed by atoms with Crippen LogP contribution in [0.25, 0.3) is 0 Å². The maximum absolute atomic E-state index is 13.2. The molecule has 4 nitrogen and oxygen atoms in total. The largest absolute Gasteiger partial charge is 0.371 e. The van der Waals surface area contributed by atoms with Gasteiger partial charge in [0.05, 0.1) is 4.90 Å². The molecule has 6 heteroatoms. The summed E-state index contributed by atoms with van der Waals surface area (Å²) < 4.78 is 29.3. The summed E-state index contributed by atoms with van der Waals surface area (Å²) in [5.74, 6) is 0.362. The summed E-state index contributed by atoms with van der Waals surface area (Å²) in [4.78, 5) is 2.70. The van der Waals surface area contributed by atoms with Gasteiger partial charge in [-0.25, -0.2) is 13.1 Å². The van der Waals surface area contributed by atoms with E-state index in [0.717, 1.165) is 42.1 Å². The molecule has 180 valence electrons. The third-order valence-electron chi connectivity index (χ3n) is 7.06. The molecular formula is C28H33ClN2O2S. The van der Waals surface area contributed by atoms with Gasteiger partial charge in [0, 0.05) is 35.8 Å². The number of nitrogens with one attached hydrogen (secondary N) is 1. The van der Waals surface area contributed by atoms with Crippen LogP contribution < -0.4 is 9.62 Å². The molecule has 4 rings (SSSR count). The lowest BCUT2D eigenvalue weighted by Crippen LogP contribution is -2.49. The van der Waals surface area contributed by atoms with Gasteiger partial charge < -0.3 is 4.90 Å². The van der Waals surface area contributed by atoms with Gasteiger partial charge >= 0.3 is 0 Å². The molecule has 0 saturated carbocycles. The summed E-state index contributed by atoms with van der Waals surface area (Å²) in [6.07, 6.45) is 1.71. The first-order valence-corrected chi connectivity index (χ1v) is 13.7. The zero-order valence-electron chi connectivity index (χ0n) is 20.1. The van der Waals surface area contributed by atoms with Crippen molar-refractivity contribution in [3.05, 3.63) is 94.5 Å². The Bertz CT molecular complexity index is 1220. The fourth-order valence-corrected chi connectivity index (χ4v) is 6.21. The Morgan fingerprint density at radius 2 is 1.62 bits per heavy atom. The van der Waals surface area contributed by atoms with E-state index in [1.165, 1.54) is 11.3 Å². The number of hydrogen-bond acceptors (Lipinski definition) is 3. The van der Waals surface area contributed by atoms with Gasteiger partial charge in [0.15, 0.2) is 0 Å². The van der Waals surface area contributed by atoms with E-state index in [1.54, 1.807) is 12.1 Å². The fourth-order valence-electron chi connectivity index (χ4n) is 4.86. The Hall–Kier alpha value is -2.34. The summed E-state index contributed by atoms with van der Waals surface area (Å²) in [6.45, 7) is 8.36. The molecule has 3 aromatic rings. The molecule has 1 heterocycles. The first kappa shape index (κ1) is 24.8. The lowest BCUT2D eigenvalue weighted by atomic mass is 9.72. The standard InChI is InChI=1S/C28H33ClN2O2S/c1-21(2)23-9-12-26(13-10-23)34(32,33)30-20-28(24-7-5-4-6-8-24)15-17-31(18-16-28)27-14-11-25(29)19-22(27)3/h4-14,19,21,30H,15-18,20H2,1-3H3. The number of anilines is 1. The minimum absolute atomic E-state index is 0.261. The van der Waals surface area contributed by atoms with Crippen LogP contribution >= 0.6 is 11.6 Å². The van der Waals surface area contributed by atoms with Gasteiger partial charge in [0.1, 0.15) is 0 Å². The van der Waals surface area contributed by atoms with Crippen molar-refractivity contribution in [1.29, 1.82) is 0 Å². The minimum atomic E-state index is -3.60. The van der Waals surface area contributed by atoms with Crippen LogP contribution in [0.2, 0.25) is 5.02 Å². The Balaban J connectivity index is 1.54. The lowest BCUT2D eigenvalue weighted by molar-refractivity contribution is 0.329. The first-order chi connectivity index (χ1) is 16.2. The highest BCUT2D eigenvalue weighted by atomic mass is 35.5. The monoisotopic (exact) mass is 496 g/mol. The SMILES string of the molecule is Cc1cc(Cl)ccc1N1CCC(CNS(=O)(=O)c2ccc(C(C)C)cc2)(c2ccccc2)CC1. The zero-order valence-corrected chi connectivity index (χ0v) is 21.7. The molecule has 0 aromatic heterocycles. The quantitative estimate of drug-likeness (QED) is 0.418.